The van der Waals surface area contributed by atoms with E-state index in [0.717, 1.165) is 16.8 Å². The van der Waals surface area contributed by atoms with Gasteiger partial charge in [-0.3, -0.25) is 9.55 Å². The Hall–Kier alpha value is -2.17. The molecule has 2 rings (SSSR count). The number of amides is 1. The summed E-state index contributed by atoms with van der Waals surface area (Å²) in [4.78, 5) is 20.4. The summed E-state index contributed by atoms with van der Waals surface area (Å²) in [5.41, 5.74) is 2.96. The first-order chi connectivity index (χ1) is 9.50. The second-order valence-corrected chi connectivity index (χ2v) is 5.40. The van der Waals surface area contributed by atoms with E-state index in [0.29, 0.717) is 11.8 Å². The van der Waals surface area contributed by atoms with E-state index < -0.39 is 0 Å². The Morgan fingerprint density at radius 3 is 2.15 bits per heavy atom. The SMILES string of the molecule is CC(C)c1cncc(C(C)C)c1NC(=O)n1ccnc1. The summed E-state index contributed by atoms with van der Waals surface area (Å²) in [6, 6.07) is -0.211. The largest absolute Gasteiger partial charge is 0.331 e. The molecule has 0 saturated carbocycles. The molecule has 2 aromatic rings. The molecule has 5 heteroatoms. The van der Waals surface area contributed by atoms with Gasteiger partial charge >= 0.3 is 6.03 Å². The van der Waals surface area contributed by atoms with Crippen LogP contribution in [-0.2, 0) is 0 Å². The molecule has 0 aromatic carbocycles. The smallest absolute Gasteiger partial charge is 0.307 e. The molecule has 1 amide bonds. The average molecular weight is 272 g/mol. The van der Waals surface area contributed by atoms with Gasteiger partial charge in [-0.25, -0.2) is 9.78 Å². The molecule has 0 aliphatic carbocycles. The third kappa shape index (κ3) is 2.87. The molecule has 0 radical (unpaired) electrons. The zero-order valence-electron chi connectivity index (χ0n) is 12.3. The predicted octanol–water partition coefficient (Wildman–Crippen LogP) is 3.61. The molecule has 0 bridgehead atoms. The molecule has 0 saturated heterocycles. The molecule has 5 nitrogen and oxygen atoms in total. The Bertz CT molecular complexity index is 562. The minimum Gasteiger partial charge on any atom is -0.307 e. The number of aromatic nitrogens is 3. The highest BCUT2D eigenvalue weighted by Crippen LogP contribution is 2.31. The third-order valence-corrected chi connectivity index (χ3v) is 3.22. The molecule has 106 valence electrons. The Morgan fingerprint density at radius 2 is 1.70 bits per heavy atom. The fourth-order valence-corrected chi connectivity index (χ4v) is 2.06. The van der Waals surface area contributed by atoms with Gasteiger partial charge in [0.05, 0.1) is 5.69 Å². The molecule has 2 aromatic heterocycles. The van der Waals surface area contributed by atoms with Crippen molar-refractivity contribution in [3.05, 3.63) is 42.2 Å². The summed E-state index contributed by atoms with van der Waals surface area (Å²) in [7, 11) is 0. The monoisotopic (exact) mass is 272 g/mol. The zero-order chi connectivity index (χ0) is 14.7. The van der Waals surface area contributed by atoms with Gasteiger partial charge in [0.25, 0.3) is 0 Å². The van der Waals surface area contributed by atoms with Crippen LogP contribution in [0, 0.1) is 0 Å². The van der Waals surface area contributed by atoms with Gasteiger partial charge < -0.3 is 5.32 Å². The summed E-state index contributed by atoms with van der Waals surface area (Å²) >= 11 is 0. The van der Waals surface area contributed by atoms with Crippen LogP contribution in [0.1, 0.15) is 50.7 Å². The molecule has 0 aliphatic heterocycles. The number of nitrogens with one attached hydrogen (secondary N) is 1. The number of anilines is 1. The maximum Gasteiger partial charge on any atom is 0.331 e. The maximum absolute atomic E-state index is 12.2. The van der Waals surface area contributed by atoms with Gasteiger partial charge in [0.1, 0.15) is 6.33 Å². The Kier molecular flexibility index (Phi) is 4.17. The molecule has 0 unspecified atom stereocenters. The summed E-state index contributed by atoms with van der Waals surface area (Å²) in [5.74, 6) is 0.582. The van der Waals surface area contributed by atoms with E-state index in [2.05, 4.69) is 43.0 Å². The van der Waals surface area contributed by atoms with Gasteiger partial charge in [0.15, 0.2) is 0 Å². The van der Waals surface area contributed by atoms with Crippen LogP contribution in [0.3, 0.4) is 0 Å². The summed E-state index contributed by atoms with van der Waals surface area (Å²) in [5, 5.41) is 2.99. The van der Waals surface area contributed by atoms with Gasteiger partial charge in [-0.15, -0.1) is 0 Å². The van der Waals surface area contributed by atoms with Crippen molar-refractivity contribution in [2.45, 2.75) is 39.5 Å². The molecule has 20 heavy (non-hydrogen) atoms. The van der Waals surface area contributed by atoms with Crippen LogP contribution in [0.4, 0.5) is 10.5 Å². The van der Waals surface area contributed by atoms with Crippen molar-refractivity contribution in [1.29, 1.82) is 0 Å². The molecule has 1 N–H and O–H groups in total. The predicted molar refractivity (Wildman–Crippen MR) is 79.1 cm³/mol. The molecule has 0 aliphatic rings. The molecule has 2 heterocycles. The summed E-state index contributed by atoms with van der Waals surface area (Å²) in [6.45, 7) is 8.37. The first kappa shape index (κ1) is 14.2. The molecule has 0 fully saturated rings. The molecular weight excluding hydrogens is 252 g/mol. The topological polar surface area (TPSA) is 59.8 Å². The van der Waals surface area contributed by atoms with Crippen molar-refractivity contribution < 1.29 is 4.79 Å². The first-order valence-corrected chi connectivity index (χ1v) is 6.77. The second-order valence-electron chi connectivity index (χ2n) is 5.40. The van der Waals surface area contributed by atoms with Crippen LogP contribution in [0.5, 0.6) is 0 Å². The minimum atomic E-state index is -0.211. The van der Waals surface area contributed by atoms with Crippen LogP contribution in [0.25, 0.3) is 0 Å². The summed E-state index contributed by atoms with van der Waals surface area (Å²) in [6.07, 6.45) is 8.33. The van der Waals surface area contributed by atoms with E-state index in [1.807, 2.05) is 12.4 Å². The number of nitrogens with zero attached hydrogens (tertiary/aromatic N) is 3. The van der Waals surface area contributed by atoms with Crippen molar-refractivity contribution >= 4 is 11.7 Å². The number of rotatable bonds is 3. The Morgan fingerprint density at radius 1 is 1.10 bits per heavy atom. The number of carbonyl (C=O) groups excluding carboxylic acids is 1. The van der Waals surface area contributed by atoms with Gasteiger partial charge in [0.2, 0.25) is 0 Å². The normalized spacial score (nSPS) is 11.1. The summed E-state index contributed by atoms with van der Waals surface area (Å²) < 4.78 is 1.43. The number of carbonyl (C=O) groups is 1. The lowest BCUT2D eigenvalue weighted by Crippen LogP contribution is -2.20. The van der Waals surface area contributed by atoms with Crippen LogP contribution < -0.4 is 5.32 Å². The van der Waals surface area contributed by atoms with E-state index in [9.17, 15) is 4.79 Å². The minimum absolute atomic E-state index is 0.211. The zero-order valence-corrected chi connectivity index (χ0v) is 12.3. The van der Waals surface area contributed by atoms with Crippen molar-refractivity contribution in [3.8, 4) is 0 Å². The molecule has 0 spiro atoms. The van der Waals surface area contributed by atoms with Gasteiger partial charge in [-0.2, -0.15) is 0 Å². The van der Waals surface area contributed by atoms with Crippen LogP contribution in [0.15, 0.2) is 31.1 Å². The Labute approximate surface area is 119 Å². The van der Waals surface area contributed by atoms with Crippen LogP contribution in [0.2, 0.25) is 0 Å². The third-order valence-electron chi connectivity index (χ3n) is 3.22. The highest BCUT2D eigenvalue weighted by molar-refractivity contribution is 5.92. The lowest BCUT2D eigenvalue weighted by atomic mass is 9.95. The number of hydrogen-bond donors (Lipinski definition) is 1. The van der Waals surface area contributed by atoms with Crippen molar-refractivity contribution in [3.63, 3.8) is 0 Å². The number of pyridine rings is 1. The van der Waals surface area contributed by atoms with Gasteiger partial charge in [0, 0.05) is 24.8 Å². The van der Waals surface area contributed by atoms with Gasteiger partial charge in [-0.05, 0) is 23.0 Å². The van der Waals surface area contributed by atoms with Crippen molar-refractivity contribution in [2.24, 2.45) is 0 Å². The fourth-order valence-electron chi connectivity index (χ4n) is 2.06. The van der Waals surface area contributed by atoms with Crippen LogP contribution in [-0.4, -0.2) is 20.6 Å². The molecular formula is C15H20N4O. The van der Waals surface area contributed by atoms with E-state index >= 15 is 0 Å². The lowest BCUT2D eigenvalue weighted by molar-refractivity contribution is 0.253. The van der Waals surface area contributed by atoms with E-state index in [1.165, 1.54) is 10.9 Å². The van der Waals surface area contributed by atoms with Crippen molar-refractivity contribution in [1.82, 2.24) is 14.5 Å². The molecule has 0 atom stereocenters. The van der Waals surface area contributed by atoms with Crippen LogP contribution >= 0.6 is 0 Å². The van der Waals surface area contributed by atoms with Gasteiger partial charge in [-0.1, -0.05) is 27.7 Å². The Balaban J connectivity index is 2.40. The van der Waals surface area contributed by atoms with E-state index in [-0.39, 0.29) is 6.03 Å². The lowest BCUT2D eigenvalue weighted by Gasteiger charge is -2.19. The van der Waals surface area contributed by atoms with E-state index in [1.54, 1.807) is 12.4 Å². The second kappa shape index (κ2) is 5.86. The quantitative estimate of drug-likeness (QED) is 0.928. The highest BCUT2D eigenvalue weighted by atomic mass is 16.2. The van der Waals surface area contributed by atoms with E-state index in [4.69, 9.17) is 0 Å². The highest BCUT2D eigenvalue weighted by Gasteiger charge is 2.17. The fraction of sp³-hybridized carbons (Fsp3) is 0.400. The standard InChI is InChI=1S/C15H20N4O/c1-10(2)12-7-17-8-13(11(3)4)14(12)18-15(20)19-6-5-16-9-19/h5-11H,1-4H3,(H,17,18,20). The van der Waals surface area contributed by atoms with Crippen molar-refractivity contribution in [2.75, 3.05) is 5.32 Å². The number of imidazole rings is 1. The average Bonchev–Trinajstić information content (AvgIpc) is 2.92. The number of hydrogen-bond acceptors (Lipinski definition) is 3. The maximum atomic E-state index is 12.2. The first-order valence-electron chi connectivity index (χ1n) is 6.77.